The zero-order valence-corrected chi connectivity index (χ0v) is 11.0. The predicted octanol–water partition coefficient (Wildman–Crippen LogP) is 1.11. The van der Waals surface area contributed by atoms with Crippen molar-refractivity contribution in [2.45, 2.75) is 26.8 Å². The van der Waals surface area contributed by atoms with Gasteiger partial charge in [-0.25, -0.2) is 13.1 Å². The minimum atomic E-state index is -3.28. The second kappa shape index (κ2) is 6.14. The molecule has 1 rings (SSSR count). The van der Waals surface area contributed by atoms with Crippen molar-refractivity contribution in [3.63, 3.8) is 0 Å². The van der Waals surface area contributed by atoms with Crippen LogP contribution in [-0.2, 0) is 16.6 Å². The molecular formula is C12H19NO3S. The van der Waals surface area contributed by atoms with Crippen LogP contribution in [0.2, 0.25) is 0 Å². The van der Waals surface area contributed by atoms with E-state index in [-0.39, 0.29) is 18.8 Å². The van der Waals surface area contributed by atoms with Crippen molar-refractivity contribution in [3.8, 4) is 0 Å². The molecule has 0 aliphatic heterocycles. The molecule has 0 saturated heterocycles. The van der Waals surface area contributed by atoms with Gasteiger partial charge in [-0.15, -0.1) is 0 Å². The predicted molar refractivity (Wildman–Crippen MR) is 68.2 cm³/mol. The molecule has 0 aliphatic carbocycles. The summed E-state index contributed by atoms with van der Waals surface area (Å²) >= 11 is 0. The summed E-state index contributed by atoms with van der Waals surface area (Å²) in [5.74, 6) is -0.0334. The standard InChI is InChI=1S/C12H19NO3S/c1-10-4-5-11(2)12(8-10)9-13-17(15,16)7-3-6-14/h4-5,8,13-14H,3,6-7,9H2,1-2H3. The molecule has 5 heteroatoms. The highest BCUT2D eigenvalue weighted by atomic mass is 32.2. The van der Waals surface area contributed by atoms with Crippen LogP contribution in [-0.4, -0.2) is 25.9 Å². The molecule has 17 heavy (non-hydrogen) atoms. The molecular weight excluding hydrogens is 238 g/mol. The van der Waals surface area contributed by atoms with Gasteiger partial charge in [-0.2, -0.15) is 0 Å². The van der Waals surface area contributed by atoms with Crippen molar-refractivity contribution in [2.24, 2.45) is 0 Å². The molecule has 0 atom stereocenters. The van der Waals surface area contributed by atoms with Crippen LogP contribution in [0.5, 0.6) is 0 Å². The van der Waals surface area contributed by atoms with E-state index in [9.17, 15) is 8.42 Å². The van der Waals surface area contributed by atoms with E-state index < -0.39 is 10.0 Å². The van der Waals surface area contributed by atoms with E-state index in [1.807, 2.05) is 32.0 Å². The number of hydrogen-bond donors (Lipinski definition) is 2. The average Bonchev–Trinajstić information content (AvgIpc) is 2.28. The summed E-state index contributed by atoms with van der Waals surface area (Å²) in [4.78, 5) is 0. The van der Waals surface area contributed by atoms with Crippen molar-refractivity contribution in [1.82, 2.24) is 4.72 Å². The molecule has 1 aromatic carbocycles. The number of nitrogens with one attached hydrogen (secondary N) is 1. The van der Waals surface area contributed by atoms with E-state index in [4.69, 9.17) is 5.11 Å². The van der Waals surface area contributed by atoms with Crippen molar-refractivity contribution in [1.29, 1.82) is 0 Å². The molecule has 0 aliphatic rings. The van der Waals surface area contributed by atoms with Gasteiger partial charge in [0.15, 0.2) is 0 Å². The summed E-state index contributed by atoms with van der Waals surface area (Å²) in [6.45, 7) is 4.13. The SMILES string of the molecule is Cc1ccc(C)c(CNS(=O)(=O)CCCO)c1. The van der Waals surface area contributed by atoms with E-state index in [0.717, 1.165) is 16.7 Å². The Bertz CT molecular complexity index is 469. The molecule has 0 fully saturated rings. The van der Waals surface area contributed by atoms with E-state index >= 15 is 0 Å². The number of hydrogen-bond acceptors (Lipinski definition) is 3. The number of aliphatic hydroxyl groups is 1. The number of aliphatic hydroxyl groups excluding tert-OH is 1. The number of aryl methyl sites for hydroxylation is 2. The molecule has 0 aromatic heterocycles. The third-order valence-corrected chi connectivity index (χ3v) is 3.97. The van der Waals surface area contributed by atoms with Gasteiger partial charge in [0, 0.05) is 13.2 Å². The fourth-order valence-corrected chi connectivity index (χ4v) is 2.53. The molecule has 0 heterocycles. The Balaban J connectivity index is 2.64. The lowest BCUT2D eigenvalue weighted by Crippen LogP contribution is -2.26. The van der Waals surface area contributed by atoms with Crippen molar-refractivity contribution in [3.05, 3.63) is 34.9 Å². The minimum absolute atomic E-state index is 0.0334. The second-order valence-electron chi connectivity index (χ2n) is 4.15. The van der Waals surface area contributed by atoms with Crippen LogP contribution in [0.25, 0.3) is 0 Å². The first-order valence-corrected chi connectivity index (χ1v) is 7.24. The van der Waals surface area contributed by atoms with Crippen molar-refractivity contribution in [2.75, 3.05) is 12.4 Å². The van der Waals surface area contributed by atoms with Crippen LogP contribution in [0.15, 0.2) is 18.2 Å². The molecule has 96 valence electrons. The summed E-state index contributed by atoms with van der Waals surface area (Å²) in [5, 5.41) is 8.60. The fraction of sp³-hybridized carbons (Fsp3) is 0.500. The summed E-state index contributed by atoms with van der Waals surface area (Å²) in [5.41, 5.74) is 3.16. The van der Waals surface area contributed by atoms with Gasteiger partial charge in [0.2, 0.25) is 10.0 Å². The van der Waals surface area contributed by atoms with Crippen LogP contribution in [0.4, 0.5) is 0 Å². The van der Waals surface area contributed by atoms with E-state index in [0.29, 0.717) is 6.54 Å². The summed E-state index contributed by atoms with van der Waals surface area (Å²) < 4.78 is 25.6. The van der Waals surface area contributed by atoms with Crippen LogP contribution < -0.4 is 4.72 Å². The smallest absolute Gasteiger partial charge is 0.211 e. The maximum absolute atomic E-state index is 11.5. The first-order chi connectivity index (χ1) is 7.94. The fourth-order valence-electron chi connectivity index (χ4n) is 1.51. The van der Waals surface area contributed by atoms with Crippen molar-refractivity contribution < 1.29 is 13.5 Å². The quantitative estimate of drug-likeness (QED) is 0.802. The monoisotopic (exact) mass is 257 g/mol. The topological polar surface area (TPSA) is 66.4 Å². The molecule has 0 bridgehead atoms. The third kappa shape index (κ3) is 4.85. The van der Waals surface area contributed by atoms with Gasteiger partial charge in [0.1, 0.15) is 0 Å². The molecule has 2 N–H and O–H groups in total. The molecule has 0 unspecified atom stereocenters. The van der Waals surface area contributed by atoms with Crippen LogP contribution >= 0.6 is 0 Å². The number of rotatable bonds is 6. The number of sulfonamides is 1. The third-order valence-electron chi connectivity index (χ3n) is 2.56. The zero-order chi connectivity index (χ0) is 12.9. The lowest BCUT2D eigenvalue weighted by atomic mass is 10.1. The first-order valence-electron chi connectivity index (χ1n) is 5.59. The maximum Gasteiger partial charge on any atom is 0.211 e. The Morgan fingerprint density at radius 2 is 2.00 bits per heavy atom. The molecule has 0 amide bonds. The van der Waals surface area contributed by atoms with E-state index in [1.165, 1.54) is 0 Å². The Morgan fingerprint density at radius 1 is 1.29 bits per heavy atom. The van der Waals surface area contributed by atoms with Crippen LogP contribution in [0, 0.1) is 13.8 Å². The van der Waals surface area contributed by atoms with Crippen LogP contribution in [0.1, 0.15) is 23.1 Å². The highest BCUT2D eigenvalue weighted by Gasteiger charge is 2.09. The Hall–Kier alpha value is -0.910. The van der Waals surface area contributed by atoms with Gasteiger partial charge in [0.25, 0.3) is 0 Å². The van der Waals surface area contributed by atoms with Gasteiger partial charge in [-0.3, -0.25) is 0 Å². The summed E-state index contributed by atoms with van der Waals surface area (Å²) in [7, 11) is -3.28. The molecule has 0 radical (unpaired) electrons. The Morgan fingerprint density at radius 3 is 2.65 bits per heavy atom. The largest absolute Gasteiger partial charge is 0.396 e. The molecule has 4 nitrogen and oxygen atoms in total. The number of benzene rings is 1. The zero-order valence-electron chi connectivity index (χ0n) is 10.2. The highest BCUT2D eigenvalue weighted by Crippen LogP contribution is 2.10. The van der Waals surface area contributed by atoms with E-state index in [2.05, 4.69) is 4.72 Å². The Labute approximate surface area is 103 Å². The molecule has 1 aromatic rings. The lowest BCUT2D eigenvalue weighted by Gasteiger charge is -2.09. The first kappa shape index (κ1) is 14.2. The highest BCUT2D eigenvalue weighted by molar-refractivity contribution is 7.89. The Kier molecular flexibility index (Phi) is 5.11. The van der Waals surface area contributed by atoms with Gasteiger partial charge in [-0.05, 0) is 31.4 Å². The maximum atomic E-state index is 11.5. The normalized spacial score (nSPS) is 11.7. The summed E-state index contributed by atoms with van der Waals surface area (Å²) in [6, 6.07) is 5.95. The van der Waals surface area contributed by atoms with Gasteiger partial charge in [-0.1, -0.05) is 23.8 Å². The molecule has 0 spiro atoms. The van der Waals surface area contributed by atoms with Gasteiger partial charge in [0.05, 0.1) is 5.75 Å². The van der Waals surface area contributed by atoms with Crippen LogP contribution in [0.3, 0.4) is 0 Å². The second-order valence-corrected chi connectivity index (χ2v) is 6.07. The van der Waals surface area contributed by atoms with Gasteiger partial charge >= 0.3 is 0 Å². The van der Waals surface area contributed by atoms with Gasteiger partial charge < -0.3 is 5.11 Å². The lowest BCUT2D eigenvalue weighted by molar-refractivity contribution is 0.295. The average molecular weight is 257 g/mol. The van der Waals surface area contributed by atoms with E-state index in [1.54, 1.807) is 0 Å². The minimum Gasteiger partial charge on any atom is -0.396 e. The van der Waals surface area contributed by atoms with Crippen molar-refractivity contribution >= 4 is 10.0 Å². The summed E-state index contributed by atoms with van der Waals surface area (Å²) in [6.07, 6.45) is 0.266. The molecule has 0 saturated carbocycles.